The van der Waals surface area contributed by atoms with Gasteiger partial charge in [-0.15, -0.1) is 11.3 Å². The van der Waals surface area contributed by atoms with Gasteiger partial charge in [0.1, 0.15) is 17.2 Å². The van der Waals surface area contributed by atoms with E-state index in [4.69, 9.17) is 11.6 Å². The predicted octanol–water partition coefficient (Wildman–Crippen LogP) is 4.66. The molecule has 130 valence electrons. The molecule has 5 nitrogen and oxygen atoms in total. The van der Waals surface area contributed by atoms with Crippen LogP contribution in [0.4, 0.5) is 4.39 Å². The van der Waals surface area contributed by atoms with Crippen molar-refractivity contribution in [2.45, 2.75) is 0 Å². The summed E-state index contributed by atoms with van der Waals surface area (Å²) in [7, 11) is 0. The second-order valence-electron chi connectivity index (χ2n) is 5.49. The first kappa shape index (κ1) is 16.6. The van der Waals surface area contributed by atoms with Crippen LogP contribution in [0, 0.1) is 5.82 Å². The lowest BCUT2D eigenvalue weighted by atomic mass is 10.1. The average Bonchev–Trinajstić information content (AvgIpc) is 3.18. The molecular formula is C18H11ClFN3O2S. The first-order valence-electron chi connectivity index (χ1n) is 7.55. The summed E-state index contributed by atoms with van der Waals surface area (Å²) in [4.78, 5) is 19.4. The standard InChI is InChI=1S/C18H11ClFN3O2S/c19-13-6-8-26-17(13)18-22-15(10-1-3-12(20)4-2-10)16(23(18)25)11-5-7-21-14(24)9-11/h1-9,25H,(H,21,24). The van der Waals surface area contributed by atoms with Gasteiger partial charge in [0.2, 0.25) is 5.56 Å². The fraction of sp³-hybridized carbons (Fsp3) is 0. The van der Waals surface area contributed by atoms with Gasteiger partial charge in [0.15, 0.2) is 5.82 Å². The van der Waals surface area contributed by atoms with Crippen LogP contribution in [-0.4, -0.2) is 19.9 Å². The summed E-state index contributed by atoms with van der Waals surface area (Å²) in [5.41, 5.74) is 1.50. The molecule has 0 spiro atoms. The summed E-state index contributed by atoms with van der Waals surface area (Å²) < 4.78 is 14.2. The van der Waals surface area contributed by atoms with Crippen molar-refractivity contribution in [3.8, 4) is 33.2 Å². The number of aromatic nitrogens is 3. The highest BCUT2D eigenvalue weighted by Gasteiger charge is 2.23. The number of thiophene rings is 1. The Balaban J connectivity index is 2.01. The Bertz CT molecular complexity index is 1150. The molecule has 3 heterocycles. The summed E-state index contributed by atoms with van der Waals surface area (Å²) in [6.45, 7) is 0. The van der Waals surface area contributed by atoms with Crippen molar-refractivity contribution >= 4 is 22.9 Å². The third-order valence-electron chi connectivity index (χ3n) is 3.84. The second kappa shape index (κ2) is 6.44. The van der Waals surface area contributed by atoms with Gasteiger partial charge in [-0.25, -0.2) is 9.37 Å². The third-order valence-corrected chi connectivity index (χ3v) is 5.18. The quantitative estimate of drug-likeness (QED) is 0.502. The Morgan fingerprint density at radius 1 is 1.15 bits per heavy atom. The smallest absolute Gasteiger partial charge is 0.248 e. The second-order valence-corrected chi connectivity index (χ2v) is 6.81. The molecule has 0 fully saturated rings. The zero-order valence-corrected chi connectivity index (χ0v) is 14.7. The van der Waals surface area contributed by atoms with Crippen molar-refractivity contribution in [2.24, 2.45) is 0 Å². The zero-order valence-electron chi connectivity index (χ0n) is 13.1. The first-order chi connectivity index (χ1) is 12.5. The van der Waals surface area contributed by atoms with Crippen LogP contribution < -0.4 is 5.56 Å². The molecule has 0 bridgehead atoms. The van der Waals surface area contributed by atoms with E-state index in [0.717, 1.165) is 4.73 Å². The molecule has 0 saturated carbocycles. The number of hydrogen-bond donors (Lipinski definition) is 2. The highest BCUT2D eigenvalue weighted by molar-refractivity contribution is 7.14. The number of hydrogen-bond acceptors (Lipinski definition) is 4. The van der Waals surface area contributed by atoms with Gasteiger partial charge in [0.05, 0.1) is 9.90 Å². The summed E-state index contributed by atoms with van der Waals surface area (Å²) in [6, 6.07) is 10.5. The predicted molar refractivity (Wildman–Crippen MR) is 99.2 cm³/mol. The highest BCUT2D eigenvalue weighted by atomic mass is 35.5. The van der Waals surface area contributed by atoms with E-state index in [-0.39, 0.29) is 17.2 Å². The SMILES string of the molecule is O=c1cc(-c2c(-c3ccc(F)cc3)nc(-c3sccc3Cl)n2O)cc[nH]1. The number of halogens is 2. The van der Waals surface area contributed by atoms with Crippen LogP contribution in [0.15, 0.2) is 58.8 Å². The largest absolute Gasteiger partial charge is 0.426 e. The van der Waals surface area contributed by atoms with Crippen LogP contribution in [0.1, 0.15) is 0 Å². The van der Waals surface area contributed by atoms with E-state index in [9.17, 15) is 14.4 Å². The zero-order chi connectivity index (χ0) is 18.3. The van der Waals surface area contributed by atoms with Gasteiger partial charge in [0, 0.05) is 23.4 Å². The number of nitrogens with one attached hydrogen (secondary N) is 1. The minimum absolute atomic E-state index is 0.250. The van der Waals surface area contributed by atoms with Gasteiger partial charge in [-0.1, -0.05) is 11.6 Å². The minimum atomic E-state index is -0.378. The lowest BCUT2D eigenvalue weighted by Crippen LogP contribution is -2.04. The van der Waals surface area contributed by atoms with Crippen LogP contribution >= 0.6 is 22.9 Å². The molecule has 0 aliphatic rings. The van der Waals surface area contributed by atoms with Gasteiger partial charge in [0.25, 0.3) is 0 Å². The number of aromatic amines is 1. The molecule has 0 aliphatic heterocycles. The van der Waals surface area contributed by atoms with E-state index in [1.807, 2.05) is 0 Å². The van der Waals surface area contributed by atoms with Gasteiger partial charge < -0.3 is 10.2 Å². The summed E-state index contributed by atoms with van der Waals surface area (Å²) in [5, 5.41) is 13.0. The Labute approximate surface area is 155 Å². The van der Waals surface area contributed by atoms with Crippen LogP contribution in [0.3, 0.4) is 0 Å². The number of imidazole rings is 1. The fourth-order valence-electron chi connectivity index (χ4n) is 2.67. The number of nitrogens with zero attached hydrogens (tertiary/aromatic N) is 2. The molecule has 0 saturated heterocycles. The van der Waals surface area contributed by atoms with Crippen LogP contribution in [0.5, 0.6) is 0 Å². The molecule has 8 heteroatoms. The van der Waals surface area contributed by atoms with Crippen molar-refractivity contribution in [2.75, 3.05) is 0 Å². The van der Waals surface area contributed by atoms with Crippen molar-refractivity contribution in [3.63, 3.8) is 0 Å². The van der Waals surface area contributed by atoms with Crippen molar-refractivity contribution in [1.82, 2.24) is 14.7 Å². The van der Waals surface area contributed by atoms with Crippen molar-refractivity contribution < 1.29 is 9.60 Å². The lowest BCUT2D eigenvalue weighted by Gasteiger charge is -2.06. The normalized spacial score (nSPS) is 11.0. The summed E-state index contributed by atoms with van der Waals surface area (Å²) in [5.74, 6) is -0.129. The molecule has 0 amide bonds. The van der Waals surface area contributed by atoms with Gasteiger partial charge >= 0.3 is 0 Å². The first-order valence-corrected chi connectivity index (χ1v) is 8.81. The maximum absolute atomic E-state index is 13.3. The highest BCUT2D eigenvalue weighted by Crippen LogP contribution is 2.39. The molecule has 0 unspecified atom stereocenters. The molecular weight excluding hydrogens is 377 g/mol. The average molecular weight is 388 g/mol. The molecule has 1 aromatic carbocycles. The number of H-pyrrole nitrogens is 1. The summed E-state index contributed by atoms with van der Waals surface area (Å²) in [6.07, 6.45) is 1.48. The van der Waals surface area contributed by atoms with E-state index in [2.05, 4.69) is 9.97 Å². The molecule has 26 heavy (non-hydrogen) atoms. The van der Waals surface area contributed by atoms with Crippen molar-refractivity contribution in [1.29, 1.82) is 0 Å². The number of rotatable bonds is 3. The number of pyridine rings is 1. The Kier molecular flexibility index (Phi) is 4.10. The van der Waals surface area contributed by atoms with Gasteiger partial charge in [-0.05, 0) is 41.8 Å². The molecule has 2 N–H and O–H groups in total. The Hall–Kier alpha value is -2.90. The summed E-state index contributed by atoms with van der Waals surface area (Å²) >= 11 is 7.52. The van der Waals surface area contributed by atoms with E-state index in [1.54, 1.807) is 29.6 Å². The van der Waals surface area contributed by atoms with E-state index >= 15 is 0 Å². The fourth-order valence-corrected chi connectivity index (χ4v) is 3.79. The molecule has 3 aromatic heterocycles. The van der Waals surface area contributed by atoms with Crippen LogP contribution in [-0.2, 0) is 0 Å². The Morgan fingerprint density at radius 3 is 2.58 bits per heavy atom. The lowest BCUT2D eigenvalue weighted by molar-refractivity contribution is 0.195. The monoisotopic (exact) mass is 387 g/mol. The Morgan fingerprint density at radius 2 is 1.92 bits per heavy atom. The molecule has 0 radical (unpaired) electrons. The maximum Gasteiger partial charge on any atom is 0.248 e. The van der Waals surface area contributed by atoms with E-state index < -0.39 is 0 Å². The molecule has 4 rings (SSSR count). The topological polar surface area (TPSA) is 70.9 Å². The van der Waals surface area contributed by atoms with Crippen molar-refractivity contribution in [3.05, 3.63) is 75.2 Å². The molecule has 0 aliphatic carbocycles. The third kappa shape index (κ3) is 2.81. The van der Waals surface area contributed by atoms with Gasteiger partial charge in [-0.2, -0.15) is 4.73 Å². The van der Waals surface area contributed by atoms with Crippen LogP contribution in [0.2, 0.25) is 5.02 Å². The molecule has 0 atom stereocenters. The van der Waals surface area contributed by atoms with Crippen LogP contribution in [0.25, 0.3) is 33.2 Å². The molecule has 4 aromatic rings. The number of benzene rings is 1. The van der Waals surface area contributed by atoms with E-state index in [0.29, 0.717) is 32.4 Å². The van der Waals surface area contributed by atoms with Gasteiger partial charge in [-0.3, -0.25) is 4.79 Å². The van der Waals surface area contributed by atoms with E-state index in [1.165, 1.54) is 35.7 Å². The minimum Gasteiger partial charge on any atom is -0.426 e. The maximum atomic E-state index is 13.3.